The van der Waals surface area contributed by atoms with E-state index in [2.05, 4.69) is 37.0 Å². The van der Waals surface area contributed by atoms with Crippen LogP contribution in [0.3, 0.4) is 0 Å². The molecule has 6 nitrogen and oxygen atoms in total. The molecule has 6 heteroatoms. The lowest BCUT2D eigenvalue weighted by molar-refractivity contribution is 0.424. The Morgan fingerprint density at radius 2 is 2.31 bits per heavy atom. The Hall–Kier alpha value is -1.82. The van der Waals surface area contributed by atoms with Crippen LogP contribution in [0, 0.1) is 0 Å². The van der Waals surface area contributed by atoms with Gasteiger partial charge in [-0.1, -0.05) is 0 Å². The second kappa shape index (κ2) is 3.64. The standard InChI is InChI=1S/C10H12N6/c1-7-4-12-6-9-14-15-10(16(7)9)8-5-11-2-3-13-8/h2-3,5,7,12H,4,6H2,1H3. The molecule has 3 rings (SSSR count). The summed E-state index contributed by atoms with van der Waals surface area (Å²) in [6.07, 6.45) is 5.04. The van der Waals surface area contributed by atoms with E-state index in [-0.39, 0.29) is 0 Å². The highest BCUT2D eigenvalue weighted by Crippen LogP contribution is 2.21. The quantitative estimate of drug-likeness (QED) is 0.747. The number of rotatable bonds is 1. The van der Waals surface area contributed by atoms with Crippen molar-refractivity contribution in [2.75, 3.05) is 6.54 Å². The van der Waals surface area contributed by atoms with E-state index in [0.29, 0.717) is 6.04 Å². The number of aromatic nitrogens is 5. The van der Waals surface area contributed by atoms with Gasteiger partial charge in [-0.15, -0.1) is 10.2 Å². The van der Waals surface area contributed by atoms with Crippen molar-refractivity contribution >= 4 is 0 Å². The Kier molecular flexibility index (Phi) is 2.14. The SMILES string of the molecule is CC1CNCc2nnc(-c3cnccn3)n21. The summed E-state index contributed by atoms with van der Waals surface area (Å²) in [5.74, 6) is 1.76. The zero-order valence-electron chi connectivity index (χ0n) is 8.96. The van der Waals surface area contributed by atoms with E-state index in [9.17, 15) is 0 Å². The Labute approximate surface area is 92.8 Å². The zero-order chi connectivity index (χ0) is 11.0. The summed E-state index contributed by atoms with van der Waals surface area (Å²) in [6, 6.07) is 0.343. The fourth-order valence-electron chi connectivity index (χ4n) is 1.98. The van der Waals surface area contributed by atoms with Gasteiger partial charge < -0.3 is 9.88 Å². The Bertz CT molecular complexity index is 491. The molecule has 0 aromatic carbocycles. The Morgan fingerprint density at radius 1 is 1.38 bits per heavy atom. The number of hydrogen-bond donors (Lipinski definition) is 1. The third kappa shape index (κ3) is 1.38. The molecule has 1 aliphatic rings. The molecule has 1 unspecified atom stereocenters. The molecule has 2 aromatic heterocycles. The molecular formula is C10H12N6. The number of nitrogens with zero attached hydrogens (tertiary/aromatic N) is 5. The lowest BCUT2D eigenvalue weighted by Gasteiger charge is -2.23. The Balaban J connectivity index is 2.13. The van der Waals surface area contributed by atoms with Crippen molar-refractivity contribution in [2.24, 2.45) is 0 Å². The third-order valence-electron chi connectivity index (χ3n) is 2.72. The highest BCUT2D eigenvalue weighted by atomic mass is 15.3. The van der Waals surface area contributed by atoms with Gasteiger partial charge in [0.05, 0.1) is 12.7 Å². The lowest BCUT2D eigenvalue weighted by atomic mass is 10.2. The van der Waals surface area contributed by atoms with E-state index >= 15 is 0 Å². The van der Waals surface area contributed by atoms with Gasteiger partial charge in [-0.25, -0.2) is 4.98 Å². The van der Waals surface area contributed by atoms with E-state index in [1.165, 1.54) is 0 Å². The van der Waals surface area contributed by atoms with Gasteiger partial charge in [0.1, 0.15) is 11.5 Å². The largest absolute Gasteiger partial charge is 0.308 e. The molecule has 1 aliphatic heterocycles. The molecule has 0 amide bonds. The summed E-state index contributed by atoms with van der Waals surface area (Å²) >= 11 is 0. The van der Waals surface area contributed by atoms with Crippen LogP contribution in [0.25, 0.3) is 11.5 Å². The highest BCUT2D eigenvalue weighted by molar-refractivity contribution is 5.47. The van der Waals surface area contributed by atoms with Crippen LogP contribution >= 0.6 is 0 Å². The van der Waals surface area contributed by atoms with Crippen LogP contribution in [0.5, 0.6) is 0 Å². The molecule has 0 aliphatic carbocycles. The van der Waals surface area contributed by atoms with E-state index in [4.69, 9.17) is 0 Å². The molecule has 0 fully saturated rings. The monoisotopic (exact) mass is 216 g/mol. The van der Waals surface area contributed by atoms with E-state index < -0.39 is 0 Å². The number of nitrogens with one attached hydrogen (secondary N) is 1. The first-order valence-electron chi connectivity index (χ1n) is 5.27. The fourth-order valence-corrected chi connectivity index (χ4v) is 1.98. The molecule has 0 saturated heterocycles. The maximum absolute atomic E-state index is 4.26. The maximum atomic E-state index is 4.26. The van der Waals surface area contributed by atoms with Crippen molar-refractivity contribution in [2.45, 2.75) is 19.5 Å². The minimum atomic E-state index is 0.343. The van der Waals surface area contributed by atoms with Crippen LogP contribution in [0.1, 0.15) is 18.8 Å². The molecule has 82 valence electrons. The molecule has 1 N–H and O–H groups in total. The van der Waals surface area contributed by atoms with Gasteiger partial charge in [0.25, 0.3) is 0 Å². The fraction of sp³-hybridized carbons (Fsp3) is 0.400. The van der Waals surface area contributed by atoms with Gasteiger partial charge in [-0.3, -0.25) is 4.98 Å². The summed E-state index contributed by atoms with van der Waals surface area (Å²) in [5.41, 5.74) is 0.773. The molecule has 0 saturated carbocycles. The first-order valence-corrected chi connectivity index (χ1v) is 5.27. The molecule has 3 heterocycles. The zero-order valence-corrected chi connectivity index (χ0v) is 8.96. The topological polar surface area (TPSA) is 68.5 Å². The number of fused-ring (bicyclic) bond motifs is 1. The second-order valence-corrected chi connectivity index (χ2v) is 3.88. The van der Waals surface area contributed by atoms with Crippen LogP contribution in [-0.2, 0) is 6.54 Å². The van der Waals surface area contributed by atoms with Gasteiger partial charge in [0.15, 0.2) is 5.82 Å². The summed E-state index contributed by atoms with van der Waals surface area (Å²) < 4.78 is 2.13. The predicted octanol–water partition coefficient (Wildman–Crippen LogP) is 0.399. The third-order valence-corrected chi connectivity index (χ3v) is 2.72. The summed E-state index contributed by atoms with van der Waals surface area (Å²) in [7, 11) is 0. The van der Waals surface area contributed by atoms with Crippen LogP contribution in [0.15, 0.2) is 18.6 Å². The molecular weight excluding hydrogens is 204 g/mol. The van der Waals surface area contributed by atoms with Gasteiger partial charge in [0, 0.05) is 25.0 Å². The van der Waals surface area contributed by atoms with Crippen molar-refractivity contribution in [3.05, 3.63) is 24.4 Å². The predicted molar refractivity (Wildman–Crippen MR) is 57.5 cm³/mol. The van der Waals surface area contributed by atoms with E-state index in [1.54, 1.807) is 18.6 Å². The first kappa shape index (κ1) is 9.41. The summed E-state index contributed by atoms with van der Waals surface area (Å²) in [4.78, 5) is 8.31. The minimum Gasteiger partial charge on any atom is -0.308 e. The van der Waals surface area contributed by atoms with E-state index in [0.717, 1.165) is 30.4 Å². The van der Waals surface area contributed by atoms with Crippen molar-refractivity contribution in [3.8, 4) is 11.5 Å². The summed E-state index contributed by atoms with van der Waals surface area (Å²) in [5, 5.41) is 11.7. The van der Waals surface area contributed by atoms with Crippen LogP contribution < -0.4 is 5.32 Å². The van der Waals surface area contributed by atoms with Crippen LogP contribution in [0.2, 0.25) is 0 Å². The first-order chi connectivity index (χ1) is 7.86. The second-order valence-electron chi connectivity index (χ2n) is 3.88. The van der Waals surface area contributed by atoms with Crippen LogP contribution in [-0.4, -0.2) is 31.3 Å². The molecule has 0 spiro atoms. The Morgan fingerprint density at radius 3 is 3.12 bits per heavy atom. The molecule has 0 bridgehead atoms. The van der Waals surface area contributed by atoms with Gasteiger partial charge in [-0.2, -0.15) is 0 Å². The lowest BCUT2D eigenvalue weighted by Crippen LogP contribution is -2.32. The maximum Gasteiger partial charge on any atom is 0.184 e. The molecule has 2 aromatic rings. The van der Waals surface area contributed by atoms with Crippen LogP contribution in [0.4, 0.5) is 0 Å². The molecule has 16 heavy (non-hydrogen) atoms. The van der Waals surface area contributed by atoms with Crippen molar-refractivity contribution < 1.29 is 0 Å². The average Bonchev–Trinajstić information content (AvgIpc) is 2.75. The molecule has 0 radical (unpaired) electrons. The summed E-state index contributed by atoms with van der Waals surface area (Å²) in [6.45, 7) is 3.83. The van der Waals surface area contributed by atoms with Gasteiger partial charge in [0.2, 0.25) is 0 Å². The number of hydrogen-bond acceptors (Lipinski definition) is 5. The average molecular weight is 216 g/mol. The van der Waals surface area contributed by atoms with Gasteiger partial charge >= 0.3 is 0 Å². The smallest absolute Gasteiger partial charge is 0.184 e. The highest BCUT2D eigenvalue weighted by Gasteiger charge is 2.22. The van der Waals surface area contributed by atoms with Gasteiger partial charge in [-0.05, 0) is 6.92 Å². The minimum absolute atomic E-state index is 0.343. The van der Waals surface area contributed by atoms with Crippen molar-refractivity contribution in [1.29, 1.82) is 0 Å². The van der Waals surface area contributed by atoms with Crippen molar-refractivity contribution in [1.82, 2.24) is 30.0 Å². The van der Waals surface area contributed by atoms with E-state index in [1.807, 2.05) is 0 Å². The molecule has 1 atom stereocenters. The van der Waals surface area contributed by atoms with Crippen molar-refractivity contribution in [3.63, 3.8) is 0 Å². The normalized spacial score (nSPS) is 19.4.